The molecule has 0 saturated heterocycles. The van der Waals surface area contributed by atoms with Crippen LogP contribution in [0, 0.1) is 20.8 Å². The molecule has 3 aromatic rings. The van der Waals surface area contributed by atoms with Crippen molar-refractivity contribution in [3.05, 3.63) is 82.9 Å². The first-order chi connectivity index (χ1) is 14.3. The maximum atomic E-state index is 12.6. The highest BCUT2D eigenvalue weighted by Crippen LogP contribution is 2.31. The van der Waals surface area contributed by atoms with E-state index in [9.17, 15) is 8.42 Å². The molecule has 0 heterocycles. The number of ether oxygens (including phenoxy) is 1. The Bertz CT molecular complexity index is 1170. The Morgan fingerprint density at radius 1 is 0.933 bits per heavy atom. The Morgan fingerprint density at radius 3 is 2.37 bits per heavy atom. The van der Waals surface area contributed by atoms with Crippen molar-refractivity contribution in [1.29, 1.82) is 0 Å². The summed E-state index contributed by atoms with van der Waals surface area (Å²) < 4.78 is 36.2. The zero-order valence-electron chi connectivity index (χ0n) is 17.5. The van der Waals surface area contributed by atoms with E-state index in [1.165, 1.54) is 17.7 Å². The minimum atomic E-state index is -3.96. The number of nitrogens with zero attached hydrogens (tertiary/aromatic N) is 1. The third kappa shape index (κ3) is 5.07. The van der Waals surface area contributed by atoms with Gasteiger partial charge in [0.15, 0.2) is 11.5 Å². The summed E-state index contributed by atoms with van der Waals surface area (Å²) in [6.07, 6.45) is 1.72. The largest absolute Gasteiger partial charge is 0.490 e. The van der Waals surface area contributed by atoms with Crippen LogP contribution in [0.15, 0.2) is 70.6 Å². The van der Waals surface area contributed by atoms with Crippen molar-refractivity contribution in [2.24, 2.45) is 4.99 Å². The molecule has 156 valence electrons. The van der Waals surface area contributed by atoms with Gasteiger partial charge in [0.25, 0.3) is 0 Å². The Morgan fingerprint density at radius 2 is 1.67 bits per heavy atom. The van der Waals surface area contributed by atoms with Gasteiger partial charge in [-0.05, 0) is 80.8 Å². The summed E-state index contributed by atoms with van der Waals surface area (Å²) in [5.41, 5.74) is 4.92. The fourth-order valence-electron chi connectivity index (χ4n) is 2.83. The molecule has 0 atom stereocenters. The Labute approximate surface area is 178 Å². The Kier molecular flexibility index (Phi) is 6.57. The van der Waals surface area contributed by atoms with Gasteiger partial charge in [0.1, 0.15) is 4.90 Å². The molecule has 0 N–H and O–H groups in total. The third-order valence-electron chi connectivity index (χ3n) is 4.71. The van der Waals surface area contributed by atoms with Gasteiger partial charge in [-0.3, -0.25) is 4.99 Å². The molecule has 5 nitrogen and oxygen atoms in total. The molecular formula is C24H25NO4S. The lowest BCUT2D eigenvalue weighted by Gasteiger charge is -2.12. The van der Waals surface area contributed by atoms with Crippen LogP contribution in [0.25, 0.3) is 0 Å². The zero-order chi connectivity index (χ0) is 21.7. The molecule has 0 aromatic heterocycles. The quantitative estimate of drug-likeness (QED) is 0.370. The first-order valence-corrected chi connectivity index (χ1v) is 11.1. The Balaban J connectivity index is 1.89. The molecule has 3 aromatic carbocycles. The summed E-state index contributed by atoms with van der Waals surface area (Å²) in [6, 6.07) is 17.5. The van der Waals surface area contributed by atoms with Crippen LogP contribution in [-0.2, 0) is 10.1 Å². The number of benzene rings is 3. The van der Waals surface area contributed by atoms with E-state index in [2.05, 4.69) is 4.99 Å². The molecule has 0 aliphatic carbocycles. The third-order valence-corrected chi connectivity index (χ3v) is 5.95. The van der Waals surface area contributed by atoms with E-state index in [0.29, 0.717) is 12.4 Å². The van der Waals surface area contributed by atoms with Crippen LogP contribution in [0.5, 0.6) is 11.5 Å². The molecule has 0 radical (unpaired) electrons. The van der Waals surface area contributed by atoms with E-state index in [4.69, 9.17) is 8.92 Å². The van der Waals surface area contributed by atoms with Crippen LogP contribution < -0.4 is 8.92 Å². The van der Waals surface area contributed by atoms with Crippen molar-refractivity contribution in [3.63, 3.8) is 0 Å². The van der Waals surface area contributed by atoms with Gasteiger partial charge in [0.05, 0.1) is 12.3 Å². The molecule has 6 heteroatoms. The van der Waals surface area contributed by atoms with Crippen molar-refractivity contribution in [1.82, 2.24) is 0 Å². The van der Waals surface area contributed by atoms with Crippen molar-refractivity contribution in [2.45, 2.75) is 32.6 Å². The van der Waals surface area contributed by atoms with E-state index < -0.39 is 10.1 Å². The number of aryl methyl sites for hydroxylation is 2. The molecule has 30 heavy (non-hydrogen) atoms. The van der Waals surface area contributed by atoms with Gasteiger partial charge in [-0.1, -0.05) is 29.8 Å². The predicted molar refractivity (Wildman–Crippen MR) is 120 cm³/mol. The highest BCUT2D eigenvalue weighted by molar-refractivity contribution is 7.87. The highest BCUT2D eigenvalue weighted by Gasteiger charge is 2.19. The molecule has 0 aliphatic heterocycles. The molecule has 3 rings (SSSR count). The molecule has 0 fully saturated rings. The summed E-state index contributed by atoms with van der Waals surface area (Å²) in [5, 5.41) is 0. The van der Waals surface area contributed by atoms with Crippen LogP contribution in [0.3, 0.4) is 0 Å². The maximum Gasteiger partial charge on any atom is 0.339 e. The van der Waals surface area contributed by atoms with E-state index >= 15 is 0 Å². The fourth-order valence-corrected chi connectivity index (χ4v) is 3.77. The molecule has 0 aliphatic rings. The second kappa shape index (κ2) is 9.13. The van der Waals surface area contributed by atoms with Crippen molar-refractivity contribution in [3.8, 4) is 11.5 Å². The van der Waals surface area contributed by atoms with Gasteiger partial charge in [-0.25, -0.2) is 0 Å². The van der Waals surface area contributed by atoms with Crippen molar-refractivity contribution < 1.29 is 17.3 Å². The van der Waals surface area contributed by atoms with E-state index in [-0.39, 0.29) is 10.6 Å². The van der Waals surface area contributed by atoms with Gasteiger partial charge in [0.2, 0.25) is 0 Å². The zero-order valence-corrected chi connectivity index (χ0v) is 18.4. The molecular weight excluding hydrogens is 398 g/mol. The van der Waals surface area contributed by atoms with Gasteiger partial charge in [-0.2, -0.15) is 8.42 Å². The highest BCUT2D eigenvalue weighted by atomic mass is 32.2. The summed E-state index contributed by atoms with van der Waals surface area (Å²) >= 11 is 0. The lowest BCUT2D eigenvalue weighted by molar-refractivity contribution is 0.327. The maximum absolute atomic E-state index is 12.6. The van der Waals surface area contributed by atoms with E-state index in [1.807, 2.05) is 45.9 Å². The molecule has 0 amide bonds. The second-order valence-electron chi connectivity index (χ2n) is 6.97. The number of rotatable bonds is 7. The second-order valence-corrected chi connectivity index (χ2v) is 8.51. The molecule has 0 bridgehead atoms. The SMILES string of the molecule is CCOc1cc(C=Nc2cccc(C)c2C)ccc1OS(=O)(=O)c1ccc(C)cc1. The average Bonchev–Trinajstić information content (AvgIpc) is 2.71. The van der Waals surface area contributed by atoms with Crippen LogP contribution in [-0.4, -0.2) is 21.2 Å². The smallest absolute Gasteiger partial charge is 0.339 e. The van der Waals surface area contributed by atoms with Crippen LogP contribution in [0.2, 0.25) is 0 Å². The lowest BCUT2D eigenvalue weighted by Crippen LogP contribution is -2.11. The van der Waals surface area contributed by atoms with Crippen molar-refractivity contribution in [2.75, 3.05) is 6.61 Å². The normalized spacial score (nSPS) is 11.6. The monoisotopic (exact) mass is 423 g/mol. The van der Waals surface area contributed by atoms with Gasteiger partial charge < -0.3 is 8.92 Å². The first kappa shape index (κ1) is 21.6. The minimum Gasteiger partial charge on any atom is -0.490 e. The summed E-state index contributed by atoms with van der Waals surface area (Å²) in [6.45, 7) is 8.17. The van der Waals surface area contributed by atoms with E-state index in [1.54, 1.807) is 36.5 Å². The average molecular weight is 424 g/mol. The Hall–Kier alpha value is -3.12. The number of hydrogen-bond donors (Lipinski definition) is 0. The standard InChI is InChI=1S/C24H25NO4S/c1-5-28-24-15-20(16-25-22-8-6-7-18(3)19(22)4)11-14-23(24)29-30(26,27)21-12-9-17(2)10-13-21/h6-16H,5H2,1-4H3. The van der Waals surface area contributed by atoms with Gasteiger partial charge in [0, 0.05) is 6.21 Å². The first-order valence-electron chi connectivity index (χ1n) is 9.68. The molecule has 0 spiro atoms. The molecule has 0 saturated carbocycles. The summed E-state index contributed by atoms with van der Waals surface area (Å²) in [5.74, 6) is 0.486. The van der Waals surface area contributed by atoms with Crippen LogP contribution >= 0.6 is 0 Å². The lowest BCUT2D eigenvalue weighted by atomic mass is 10.1. The fraction of sp³-hybridized carbons (Fsp3) is 0.208. The van der Waals surface area contributed by atoms with Gasteiger partial charge in [-0.15, -0.1) is 0 Å². The van der Waals surface area contributed by atoms with Crippen molar-refractivity contribution >= 4 is 22.0 Å². The molecule has 0 unspecified atom stereocenters. The van der Waals surface area contributed by atoms with Crippen LogP contribution in [0.4, 0.5) is 5.69 Å². The summed E-state index contributed by atoms with van der Waals surface area (Å²) in [7, 11) is -3.96. The number of aliphatic imine (C=N–C) groups is 1. The minimum absolute atomic E-state index is 0.0936. The number of hydrogen-bond acceptors (Lipinski definition) is 5. The summed E-state index contributed by atoms with van der Waals surface area (Å²) in [4.78, 5) is 4.65. The van der Waals surface area contributed by atoms with Gasteiger partial charge >= 0.3 is 10.1 Å². The van der Waals surface area contributed by atoms with E-state index in [0.717, 1.165) is 22.4 Å². The topological polar surface area (TPSA) is 65.0 Å². The predicted octanol–water partition coefficient (Wildman–Crippen LogP) is 5.53. The van der Waals surface area contributed by atoms with Crippen LogP contribution in [0.1, 0.15) is 29.2 Å².